The average Bonchev–Trinajstić information content (AvgIpc) is 2.78. The van der Waals surface area contributed by atoms with Gasteiger partial charge in [0, 0.05) is 23.7 Å². The summed E-state index contributed by atoms with van der Waals surface area (Å²) in [6.07, 6.45) is 17.6. The first-order chi connectivity index (χ1) is 15.6. The highest BCUT2D eigenvalue weighted by atomic mass is 16.3. The van der Waals surface area contributed by atoms with Crippen molar-refractivity contribution in [3.8, 4) is 0 Å². The molecule has 1 atom stereocenters. The van der Waals surface area contributed by atoms with Crippen LogP contribution in [0.2, 0.25) is 0 Å². The molecule has 1 unspecified atom stereocenters. The van der Waals surface area contributed by atoms with Crippen LogP contribution in [0.5, 0.6) is 0 Å². The zero-order valence-corrected chi connectivity index (χ0v) is 19.7. The van der Waals surface area contributed by atoms with Crippen LogP contribution in [-0.4, -0.2) is 29.0 Å². The van der Waals surface area contributed by atoms with E-state index in [9.17, 15) is 5.11 Å². The molecule has 0 aliphatic carbocycles. The third kappa shape index (κ3) is 8.23. The molecule has 1 aliphatic heterocycles. The second kappa shape index (κ2) is 13.2. The van der Waals surface area contributed by atoms with Crippen molar-refractivity contribution >= 4 is 16.6 Å². The number of nitrogens with zero attached hydrogens (tertiary/aromatic N) is 2. The first kappa shape index (κ1) is 24.2. The Labute approximate surface area is 193 Å². The van der Waals surface area contributed by atoms with E-state index in [4.69, 9.17) is 4.99 Å². The van der Waals surface area contributed by atoms with E-state index in [-0.39, 0.29) is 11.7 Å². The van der Waals surface area contributed by atoms with Gasteiger partial charge in [-0.1, -0.05) is 44.1 Å². The number of unbranched alkanes of at least 4 members (excludes halogenated alkanes) is 3. The third-order valence-corrected chi connectivity index (χ3v) is 6.23. The second-order valence-electron chi connectivity index (χ2n) is 9.09. The Hall–Kier alpha value is -2.46. The van der Waals surface area contributed by atoms with Gasteiger partial charge >= 0.3 is 0 Å². The highest BCUT2D eigenvalue weighted by Crippen LogP contribution is 2.30. The minimum absolute atomic E-state index is 0.258. The van der Waals surface area contributed by atoms with Crippen molar-refractivity contribution in [1.29, 1.82) is 0 Å². The third-order valence-electron chi connectivity index (χ3n) is 6.23. The number of pyridine rings is 1. The van der Waals surface area contributed by atoms with E-state index in [2.05, 4.69) is 60.2 Å². The lowest BCUT2D eigenvalue weighted by Gasteiger charge is -2.17. The molecule has 0 saturated heterocycles. The Bertz CT molecular complexity index is 931. The SMILES string of the molecule is C=C(O)CC(CCCCCCC1=N/CNCCCC/C=C\1)c1cnc2cc(C)ccc2c1. The Morgan fingerprint density at radius 3 is 2.91 bits per heavy atom. The van der Waals surface area contributed by atoms with E-state index in [1.807, 2.05) is 6.20 Å². The fraction of sp³-hybridized carbons (Fsp3) is 0.500. The topological polar surface area (TPSA) is 57.5 Å². The number of fused-ring (bicyclic) bond motifs is 1. The minimum Gasteiger partial charge on any atom is -0.513 e. The number of hydrogen-bond acceptors (Lipinski definition) is 4. The average molecular weight is 434 g/mol. The predicted octanol–water partition coefficient (Wildman–Crippen LogP) is 7.16. The number of benzene rings is 1. The smallest absolute Gasteiger partial charge is 0.0887 e. The number of aliphatic imine (C=N–C) groups is 1. The number of aliphatic hydroxyl groups is 1. The number of aliphatic hydroxyl groups excluding tert-OH is 1. The molecule has 2 heterocycles. The number of allylic oxidation sites excluding steroid dienone is 3. The van der Waals surface area contributed by atoms with Crippen LogP contribution in [0.4, 0.5) is 0 Å². The summed E-state index contributed by atoms with van der Waals surface area (Å²) in [5.74, 6) is 0.524. The molecular formula is C28H39N3O. The van der Waals surface area contributed by atoms with Crippen LogP contribution in [-0.2, 0) is 0 Å². The molecule has 0 amide bonds. The summed E-state index contributed by atoms with van der Waals surface area (Å²) in [5.41, 5.74) is 4.68. The second-order valence-corrected chi connectivity index (χ2v) is 9.09. The van der Waals surface area contributed by atoms with Crippen LogP contribution in [0.15, 0.2) is 59.9 Å². The summed E-state index contributed by atoms with van der Waals surface area (Å²) in [7, 11) is 0. The summed E-state index contributed by atoms with van der Waals surface area (Å²) in [6.45, 7) is 7.64. The lowest BCUT2D eigenvalue weighted by molar-refractivity contribution is 0.369. The van der Waals surface area contributed by atoms with Gasteiger partial charge in [0.1, 0.15) is 0 Å². The molecule has 0 fully saturated rings. The summed E-state index contributed by atoms with van der Waals surface area (Å²) < 4.78 is 0. The minimum atomic E-state index is 0.258. The van der Waals surface area contributed by atoms with Crippen molar-refractivity contribution in [3.05, 3.63) is 66.1 Å². The highest BCUT2D eigenvalue weighted by Gasteiger charge is 2.14. The zero-order valence-electron chi connectivity index (χ0n) is 19.7. The van der Waals surface area contributed by atoms with Gasteiger partial charge in [-0.3, -0.25) is 15.3 Å². The van der Waals surface area contributed by atoms with Gasteiger partial charge in [-0.15, -0.1) is 0 Å². The number of rotatable bonds is 10. The van der Waals surface area contributed by atoms with Crippen LogP contribution in [0.1, 0.15) is 81.3 Å². The fourth-order valence-corrected chi connectivity index (χ4v) is 4.38. The van der Waals surface area contributed by atoms with E-state index in [1.54, 1.807) is 0 Å². The van der Waals surface area contributed by atoms with Crippen LogP contribution in [0.3, 0.4) is 0 Å². The lowest BCUT2D eigenvalue weighted by Crippen LogP contribution is -2.16. The van der Waals surface area contributed by atoms with Crippen molar-refractivity contribution in [2.24, 2.45) is 4.99 Å². The standard InChI is InChI=1S/C28H39N3O/c1-22-14-15-25-19-26(20-30-28(25)17-22)24(18-23(2)32)11-7-3-4-8-12-27-13-9-5-6-10-16-29-21-31-27/h9,13-15,17,19-20,24,29,32H,2-8,10-12,16,18,21H2,1H3/b13-9-,31-27-. The quantitative estimate of drug-likeness (QED) is 0.309. The molecule has 1 aromatic heterocycles. The molecule has 0 bridgehead atoms. The highest BCUT2D eigenvalue weighted by molar-refractivity contribution is 5.94. The van der Waals surface area contributed by atoms with Crippen LogP contribution < -0.4 is 5.32 Å². The van der Waals surface area contributed by atoms with E-state index in [0.717, 1.165) is 49.8 Å². The van der Waals surface area contributed by atoms with Crippen LogP contribution in [0, 0.1) is 6.92 Å². The summed E-state index contributed by atoms with van der Waals surface area (Å²) in [5, 5.41) is 14.4. The first-order valence-electron chi connectivity index (χ1n) is 12.3. The maximum atomic E-state index is 9.86. The molecule has 0 saturated carbocycles. The Balaban J connectivity index is 1.47. The molecule has 2 N–H and O–H groups in total. The van der Waals surface area contributed by atoms with Gasteiger partial charge in [0.15, 0.2) is 0 Å². The van der Waals surface area contributed by atoms with Gasteiger partial charge in [0.05, 0.1) is 17.9 Å². The maximum absolute atomic E-state index is 9.86. The lowest BCUT2D eigenvalue weighted by atomic mass is 9.89. The van der Waals surface area contributed by atoms with Crippen molar-refractivity contribution in [3.63, 3.8) is 0 Å². The Kier molecular flexibility index (Phi) is 9.96. The molecule has 32 heavy (non-hydrogen) atoms. The maximum Gasteiger partial charge on any atom is 0.0887 e. The van der Waals surface area contributed by atoms with E-state index in [1.165, 1.54) is 48.9 Å². The van der Waals surface area contributed by atoms with Gasteiger partial charge in [-0.2, -0.15) is 0 Å². The van der Waals surface area contributed by atoms with E-state index >= 15 is 0 Å². The molecule has 4 heteroatoms. The van der Waals surface area contributed by atoms with Gasteiger partial charge in [0.2, 0.25) is 0 Å². The molecule has 0 radical (unpaired) electrons. The van der Waals surface area contributed by atoms with Gasteiger partial charge in [-0.05, 0) is 87.2 Å². The van der Waals surface area contributed by atoms with Crippen LogP contribution >= 0.6 is 0 Å². The molecule has 172 valence electrons. The van der Waals surface area contributed by atoms with Crippen LogP contribution in [0.25, 0.3) is 10.9 Å². The molecular weight excluding hydrogens is 394 g/mol. The number of hydrogen-bond donors (Lipinski definition) is 2. The first-order valence-corrected chi connectivity index (χ1v) is 12.3. The predicted molar refractivity (Wildman–Crippen MR) is 137 cm³/mol. The van der Waals surface area contributed by atoms with Crippen molar-refractivity contribution in [2.45, 2.75) is 77.0 Å². The summed E-state index contributed by atoms with van der Waals surface area (Å²) >= 11 is 0. The molecule has 1 aliphatic rings. The van der Waals surface area contributed by atoms with Crippen molar-refractivity contribution in [1.82, 2.24) is 10.3 Å². The van der Waals surface area contributed by atoms with E-state index in [0.29, 0.717) is 6.42 Å². The Morgan fingerprint density at radius 1 is 1.16 bits per heavy atom. The fourth-order valence-electron chi connectivity index (χ4n) is 4.38. The molecule has 3 rings (SSSR count). The summed E-state index contributed by atoms with van der Waals surface area (Å²) in [4.78, 5) is 9.38. The molecule has 1 aromatic carbocycles. The van der Waals surface area contributed by atoms with Gasteiger partial charge in [0.25, 0.3) is 0 Å². The van der Waals surface area contributed by atoms with Gasteiger partial charge < -0.3 is 5.11 Å². The van der Waals surface area contributed by atoms with Gasteiger partial charge in [-0.25, -0.2) is 0 Å². The monoisotopic (exact) mass is 433 g/mol. The Morgan fingerprint density at radius 2 is 2.03 bits per heavy atom. The number of nitrogens with one attached hydrogen (secondary N) is 1. The van der Waals surface area contributed by atoms with Crippen molar-refractivity contribution in [2.75, 3.05) is 13.2 Å². The molecule has 0 spiro atoms. The molecule has 2 aromatic rings. The molecule has 4 nitrogen and oxygen atoms in total. The van der Waals surface area contributed by atoms with Crippen molar-refractivity contribution < 1.29 is 5.11 Å². The normalized spacial score (nSPS) is 18.6. The zero-order chi connectivity index (χ0) is 22.6. The number of aryl methyl sites for hydroxylation is 1. The summed E-state index contributed by atoms with van der Waals surface area (Å²) in [6, 6.07) is 8.61. The van der Waals surface area contributed by atoms with E-state index < -0.39 is 0 Å². The largest absolute Gasteiger partial charge is 0.513 e. The number of aromatic nitrogens is 1.